The van der Waals surface area contributed by atoms with Gasteiger partial charge in [0.25, 0.3) is 5.91 Å². The molecule has 2 fully saturated rings. The Kier molecular flexibility index (Phi) is 8.53. The first-order valence-electron chi connectivity index (χ1n) is 9.92. The summed E-state index contributed by atoms with van der Waals surface area (Å²) in [5.41, 5.74) is 7.35. The molecule has 4 rings (SSSR count). The Morgan fingerprint density at radius 3 is 2.30 bits per heavy atom. The van der Waals surface area contributed by atoms with Crippen molar-refractivity contribution in [2.75, 3.05) is 39.0 Å². The van der Waals surface area contributed by atoms with Gasteiger partial charge in [0.05, 0.1) is 5.69 Å². The molecular weight excluding hydrogens is 443 g/mol. The highest BCUT2D eigenvalue weighted by Gasteiger charge is 2.46. The zero-order valence-electron chi connectivity index (χ0n) is 17.1. The molecule has 6 nitrogen and oxygen atoms in total. The third-order valence-electron chi connectivity index (χ3n) is 6.43. The van der Waals surface area contributed by atoms with Gasteiger partial charge < -0.3 is 20.7 Å². The Labute approximate surface area is 194 Å². The maximum atomic E-state index is 13.3. The second-order valence-corrected chi connectivity index (χ2v) is 8.65. The lowest BCUT2D eigenvalue weighted by Crippen LogP contribution is -2.58. The van der Waals surface area contributed by atoms with Crippen molar-refractivity contribution in [1.29, 1.82) is 0 Å². The van der Waals surface area contributed by atoms with E-state index in [1.807, 2.05) is 11.0 Å². The number of halogens is 2. The summed E-state index contributed by atoms with van der Waals surface area (Å²) in [7, 11) is 1.67. The number of nitrogens with one attached hydrogen (secondary N) is 1. The summed E-state index contributed by atoms with van der Waals surface area (Å²) in [6.45, 7) is 3.03. The van der Waals surface area contributed by atoms with Crippen LogP contribution in [0.25, 0.3) is 0 Å². The van der Waals surface area contributed by atoms with Crippen LogP contribution in [-0.2, 0) is 14.9 Å². The number of piperidine rings is 2. The first-order valence-corrected chi connectivity index (χ1v) is 10.8. The Hall–Kier alpha value is -1.38. The topological polar surface area (TPSA) is 80.5 Å². The molecule has 2 saturated heterocycles. The lowest BCUT2D eigenvalue weighted by atomic mass is 9.70. The molecule has 166 valence electrons. The van der Waals surface area contributed by atoms with E-state index in [4.69, 9.17) is 10.5 Å². The quantitative estimate of drug-likeness (QED) is 0.713. The Morgan fingerprint density at radius 1 is 1.13 bits per heavy atom. The number of hydrogen-bond acceptors (Lipinski definition) is 6. The van der Waals surface area contributed by atoms with Crippen molar-refractivity contribution in [1.82, 2.24) is 15.2 Å². The number of thiazole rings is 1. The van der Waals surface area contributed by atoms with Crippen molar-refractivity contribution in [2.45, 2.75) is 36.7 Å². The van der Waals surface area contributed by atoms with Crippen LogP contribution in [0.3, 0.4) is 0 Å². The largest absolute Gasteiger partial charge is 0.375 e. The maximum Gasteiger partial charge on any atom is 0.254 e. The molecule has 0 unspecified atom stereocenters. The fourth-order valence-electron chi connectivity index (χ4n) is 4.67. The third-order valence-corrected chi connectivity index (χ3v) is 7.11. The highest BCUT2D eigenvalue weighted by atomic mass is 35.5. The summed E-state index contributed by atoms with van der Waals surface area (Å²) in [5.74, 6) is 0.135. The van der Waals surface area contributed by atoms with Crippen LogP contribution in [0.5, 0.6) is 0 Å². The molecular formula is C21H30Cl2N4O2S. The molecule has 1 aromatic carbocycles. The standard InChI is InChI=1S/C21H28N4O2S.2ClH/c1-27-21(7-11-23-12-8-21)18(26)25-13-9-20(10-14-25,16-5-3-2-4-6-16)17-15-28-19(22)24-17;;/h2-6,15,23H,7-14H2,1H3,(H2,22,24);2*1H. The maximum absolute atomic E-state index is 13.3. The SMILES string of the molecule is COC1(C(=O)N2CCC(c3ccccc3)(c3csc(N)n3)CC2)CCNCC1.Cl.Cl. The zero-order chi connectivity index (χ0) is 19.6. The van der Waals surface area contributed by atoms with Crippen molar-refractivity contribution in [2.24, 2.45) is 0 Å². The predicted molar refractivity (Wildman–Crippen MR) is 126 cm³/mol. The predicted octanol–water partition coefficient (Wildman–Crippen LogP) is 3.25. The molecule has 0 aliphatic carbocycles. The number of benzene rings is 1. The minimum absolute atomic E-state index is 0. The monoisotopic (exact) mass is 472 g/mol. The van der Waals surface area contributed by atoms with Gasteiger partial charge in [-0.3, -0.25) is 4.79 Å². The molecule has 0 saturated carbocycles. The van der Waals surface area contributed by atoms with Crippen LogP contribution < -0.4 is 11.1 Å². The van der Waals surface area contributed by atoms with Gasteiger partial charge in [0.1, 0.15) is 5.60 Å². The molecule has 2 aromatic rings. The van der Waals surface area contributed by atoms with Crippen LogP contribution >= 0.6 is 36.2 Å². The van der Waals surface area contributed by atoms with Crippen LogP contribution in [0.1, 0.15) is 36.9 Å². The van der Waals surface area contributed by atoms with E-state index in [2.05, 4.69) is 39.9 Å². The molecule has 0 atom stereocenters. The number of nitrogen functional groups attached to an aromatic ring is 1. The van der Waals surface area contributed by atoms with E-state index in [0.29, 0.717) is 18.2 Å². The van der Waals surface area contributed by atoms with Crippen molar-refractivity contribution in [3.8, 4) is 0 Å². The highest BCUT2D eigenvalue weighted by molar-refractivity contribution is 7.13. The van der Waals surface area contributed by atoms with Gasteiger partial charge in [-0.15, -0.1) is 36.2 Å². The summed E-state index contributed by atoms with van der Waals surface area (Å²) in [6, 6.07) is 10.5. The normalized spacial score (nSPS) is 20.0. The Morgan fingerprint density at radius 2 is 1.77 bits per heavy atom. The second-order valence-electron chi connectivity index (χ2n) is 7.76. The zero-order valence-corrected chi connectivity index (χ0v) is 19.6. The molecule has 0 bridgehead atoms. The number of nitrogens with two attached hydrogens (primary N) is 1. The van der Waals surface area contributed by atoms with E-state index < -0.39 is 5.60 Å². The minimum Gasteiger partial charge on any atom is -0.375 e. The minimum atomic E-state index is -0.678. The van der Waals surface area contributed by atoms with E-state index >= 15 is 0 Å². The number of likely N-dealkylation sites (tertiary alicyclic amines) is 1. The summed E-state index contributed by atoms with van der Waals surface area (Å²) < 4.78 is 5.76. The molecule has 2 aliphatic heterocycles. The molecule has 3 heterocycles. The van der Waals surface area contributed by atoms with Crippen molar-refractivity contribution in [3.05, 3.63) is 47.0 Å². The number of carbonyl (C=O) groups is 1. The van der Waals surface area contributed by atoms with E-state index in [1.54, 1.807) is 7.11 Å². The molecule has 0 spiro atoms. The van der Waals surface area contributed by atoms with E-state index in [0.717, 1.165) is 44.5 Å². The molecule has 1 amide bonds. The van der Waals surface area contributed by atoms with Crippen LogP contribution in [0.15, 0.2) is 35.7 Å². The van der Waals surface area contributed by atoms with Gasteiger partial charge >= 0.3 is 0 Å². The molecule has 2 aliphatic rings. The second kappa shape index (κ2) is 10.3. The molecule has 9 heteroatoms. The van der Waals surface area contributed by atoms with Gasteiger partial charge in [0, 0.05) is 31.0 Å². The average molecular weight is 473 g/mol. The third kappa shape index (κ3) is 4.46. The lowest BCUT2D eigenvalue weighted by molar-refractivity contribution is -0.159. The van der Waals surface area contributed by atoms with E-state index in [9.17, 15) is 4.79 Å². The van der Waals surface area contributed by atoms with Gasteiger partial charge in [0.2, 0.25) is 0 Å². The number of ether oxygens (including phenoxy) is 1. The van der Waals surface area contributed by atoms with Crippen LogP contribution in [0, 0.1) is 0 Å². The van der Waals surface area contributed by atoms with Crippen LogP contribution in [0.4, 0.5) is 5.13 Å². The van der Waals surface area contributed by atoms with Gasteiger partial charge in [-0.1, -0.05) is 30.3 Å². The van der Waals surface area contributed by atoms with Crippen LogP contribution in [0.2, 0.25) is 0 Å². The fourth-order valence-corrected chi connectivity index (χ4v) is 5.33. The average Bonchev–Trinajstić information content (AvgIpc) is 3.21. The number of anilines is 1. The van der Waals surface area contributed by atoms with Crippen LogP contribution in [-0.4, -0.2) is 54.7 Å². The number of rotatable bonds is 4. The number of aromatic nitrogens is 1. The summed E-state index contributed by atoms with van der Waals surface area (Å²) in [6.07, 6.45) is 3.13. The number of hydrogen-bond donors (Lipinski definition) is 2. The lowest BCUT2D eigenvalue weighted by Gasteiger charge is -2.45. The number of methoxy groups -OCH3 is 1. The smallest absolute Gasteiger partial charge is 0.254 e. The van der Waals surface area contributed by atoms with E-state index in [-0.39, 0.29) is 36.1 Å². The van der Waals surface area contributed by atoms with Gasteiger partial charge in [-0.05, 0) is 44.3 Å². The highest BCUT2D eigenvalue weighted by Crippen LogP contribution is 2.43. The van der Waals surface area contributed by atoms with Gasteiger partial charge in [-0.25, -0.2) is 4.98 Å². The Balaban J connectivity index is 0.00000160. The summed E-state index contributed by atoms with van der Waals surface area (Å²) in [4.78, 5) is 20.0. The molecule has 3 N–H and O–H groups in total. The first-order chi connectivity index (χ1) is 13.6. The fraction of sp³-hybridized carbons (Fsp3) is 0.524. The van der Waals surface area contributed by atoms with Gasteiger partial charge in [0.15, 0.2) is 5.13 Å². The van der Waals surface area contributed by atoms with Crippen molar-refractivity contribution in [3.63, 3.8) is 0 Å². The number of amides is 1. The van der Waals surface area contributed by atoms with E-state index in [1.165, 1.54) is 16.9 Å². The van der Waals surface area contributed by atoms with Crippen molar-refractivity contribution >= 4 is 47.2 Å². The van der Waals surface area contributed by atoms with Gasteiger partial charge in [-0.2, -0.15) is 0 Å². The Bertz CT molecular complexity index is 819. The number of nitrogens with zero attached hydrogens (tertiary/aromatic N) is 2. The summed E-state index contributed by atoms with van der Waals surface area (Å²) >= 11 is 1.48. The molecule has 30 heavy (non-hydrogen) atoms. The first kappa shape index (κ1) is 24.9. The molecule has 1 aromatic heterocycles. The van der Waals surface area contributed by atoms with Crippen molar-refractivity contribution < 1.29 is 9.53 Å². The molecule has 0 radical (unpaired) electrons. The number of carbonyl (C=O) groups excluding carboxylic acids is 1. The summed E-state index contributed by atoms with van der Waals surface area (Å²) in [5, 5.41) is 5.99.